The van der Waals surface area contributed by atoms with E-state index in [4.69, 9.17) is 0 Å². The molecule has 0 spiro atoms. The molecule has 0 radical (unpaired) electrons. The van der Waals surface area contributed by atoms with Crippen molar-refractivity contribution in [1.29, 1.82) is 0 Å². The Morgan fingerprint density at radius 2 is 1.50 bits per heavy atom. The maximum atomic E-state index is 12.5. The maximum Gasteiger partial charge on any atom is 0.243 e. The van der Waals surface area contributed by atoms with Crippen LogP contribution in [0.5, 0.6) is 11.5 Å². The summed E-state index contributed by atoms with van der Waals surface area (Å²) in [7, 11) is -2.19. The highest BCUT2D eigenvalue weighted by atomic mass is 32.2. The minimum Gasteiger partial charge on any atom is -0.508 e. The average Bonchev–Trinajstić information content (AvgIpc) is 2.56. The van der Waals surface area contributed by atoms with Gasteiger partial charge in [-0.2, -0.15) is 4.31 Å². The van der Waals surface area contributed by atoms with E-state index in [0.717, 1.165) is 11.1 Å². The van der Waals surface area contributed by atoms with Gasteiger partial charge in [0.05, 0.1) is 4.90 Å². The second-order valence-corrected chi connectivity index (χ2v) is 6.80. The summed E-state index contributed by atoms with van der Waals surface area (Å²) in [4.78, 5) is 0.0736. The summed E-state index contributed by atoms with van der Waals surface area (Å²) < 4.78 is 26.2. The maximum absolute atomic E-state index is 12.5. The van der Waals surface area contributed by atoms with Crippen LogP contribution in [0.3, 0.4) is 0 Å². The van der Waals surface area contributed by atoms with Crippen LogP contribution in [0, 0.1) is 0 Å². The van der Waals surface area contributed by atoms with Crippen LogP contribution >= 0.6 is 0 Å². The molecule has 22 heavy (non-hydrogen) atoms. The quantitative estimate of drug-likeness (QED) is 0.782. The highest BCUT2D eigenvalue weighted by molar-refractivity contribution is 7.89. The highest BCUT2D eigenvalue weighted by Gasteiger charge is 2.30. The van der Waals surface area contributed by atoms with Crippen LogP contribution in [0.1, 0.15) is 19.4 Å². The van der Waals surface area contributed by atoms with Crippen LogP contribution in [0.2, 0.25) is 0 Å². The van der Waals surface area contributed by atoms with Crippen LogP contribution in [0.25, 0.3) is 11.1 Å². The number of hydrogen-bond acceptors (Lipinski definition) is 4. The van der Waals surface area contributed by atoms with E-state index < -0.39 is 10.0 Å². The van der Waals surface area contributed by atoms with Gasteiger partial charge in [-0.3, -0.25) is 0 Å². The van der Waals surface area contributed by atoms with Crippen molar-refractivity contribution in [1.82, 2.24) is 4.31 Å². The fourth-order valence-corrected chi connectivity index (χ4v) is 3.78. The Hall–Kier alpha value is -2.05. The fraction of sp³-hybridized carbons (Fsp3) is 0.250. The summed E-state index contributed by atoms with van der Waals surface area (Å²) in [6, 6.07) is 9.06. The third-order valence-corrected chi connectivity index (χ3v) is 5.27. The van der Waals surface area contributed by atoms with Gasteiger partial charge in [0.1, 0.15) is 11.5 Å². The Balaban J connectivity index is 0.000000847. The molecule has 6 heteroatoms. The number of fused-ring (bicyclic) bond motifs is 3. The SMILES string of the molecule is CC.CN1Cc2cc(O)ccc2-c2ccc(O)cc2S1(=O)=O. The normalized spacial score (nSPS) is 15.8. The lowest BCUT2D eigenvalue weighted by molar-refractivity contribution is 0.458. The Morgan fingerprint density at radius 1 is 0.955 bits per heavy atom. The van der Waals surface area contributed by atoms with Crippen molar-refractivity contribution < 1.29 is 18.6 Å². The second-order valence-electron chi connectivity index (χ2n) is 4.78. The molecular weight excluding hydrogens is 302 g/mol. The molecule has 0 aliphatic carbocycles. The molecule has 0 fully saturated rings. The van der Waals surface area contributed by atoms with Crippen molar-refractivity contribution in [2.45, 2.75) is 25.3 Å². The number of hydrogen-bond donors (Lipinski definition) is 2. The number of phenolic OH excluding ortho intramolecular Hbond substituents is 2. The van der Waals surface area contributed by atoms with Gasteiger partial charge in [-0.05, 0) is 35.4 Å². The van der Waals surface area contributed by atoms with E-state index in [9.17, 15) is 18.6 Å². The zero-order valence-electron chi connectivity index (χ0n) is 12.7. The molecule has 1 heterocycles. The molecule has 0 amide bonds. The topological polar surface area (TPSA) is 77.8 Å². The lowest BCUT2D eigenvalue weighted by Crippen LogP contribution is -2.25. The highest BCUT2D eigenvalue weighted by Crippen LogP contribution is 2.38. The molecular formula is C16H19NO4S. The van der Waals surface area contributed by atoms with Gasteiger partial charge in [0.15, 0.2) is 0 Å². The van der Waals surface area contributed by atoms with E-state index in [1.54, 1.807) is 18.2 Å². The van der Waals surface area contributed by atoms with Gasteiger partial charge >= 0.3 is 0 Å². The average molecular weight is 321 g/mol. The summed E-state index contributed by atoms with van der Waals surface area (Å²) >= 11 is 0. The van der Waals surface area contributed by atoms with Crippen LogP contribution in [0.4, 0.5) is 0 Å². The summed E-state index contributed by atoms with van der Waals surface area (Å²) in [5.74, 6) is -0.000250. The number of rotatable bonds is 0. The van der Waals surface area contributed by atoms with E-state index in [2.05, 4.69) is 0 Å². The predicted molar refractivity (Wildman–Crippen MR) is 85.2 cm³/mol. The third kappa shape index (κ3) is 2.67. The summed E-state index contributed by atoms with van der Waals surface area (Å²) in [6.45, 7) is 4.17. The van der Waals surface area contributed by atoms with Crippen LogP contribution < -0.4 is 0 Å². The Bertz CT molecular complexity index is 800. The molecule has 0 saturated heterocycles. The van der Waals surface area contributed by atoms with E-state index >= 15 is 0 Å². The summed E-state index contributed by atoms with van der Waals surface area (Å²) in [5.41, 5.74) is 1.99. The first kappa shape index (κ1) is 16.3. The zero-order chi connectivity index (χ0) is 16.5. The summed E-state index contributed by atoms with van der Waals surface area (Å²) in [6.07, 6.45) is 0. The van der Waals surface area contributed by atoms with Gasteiger partial charge in [-0.15, -0.1) is 0 Å². The minimum absolute atomic E-state index is 0.0736. The lowest BCUT2D eigenvalue weighted by Gasteiger charge is -2.15. The molecule has 0 unspecified atom stereocenters. The number of aromatic hydroxyl groups is 2. The van der Waals surface area contributed by atoms with Crippen molar-refractivity contribution in [3.05, 3.63) is 42.0 Å². The van der Waals surface area contributed by atoms with Crippen molar-refractivity contribution in [2.24, 2.45) is 0 Å². The van der Waals surface area contributed by atoms with E-state index in [-0.39, 0.29) is 22.9 Å². The fourth-order valence-electron chi connectivity index (χ4n) is 2.41. The predicted octanol–water partition coefficient (Wildman–Crippen LogP) is 2.93. The molecule has 2 aromatic rings. The first-order valence-electron chi connectivity index (χ1n) is 7.01. The van der Waals surface area contributed by atoms with Crippen LogP contribution in [-0.2, 0) is 16.6 Å². The molecule has 2 N–H and O–H groups in total. The van der Waals surface area contributed by atoms with Gasteiger partial charge in [0.25, 0.3) is 0 Å². The molecule has 1 aliphatic heterocycles. The first-order valence-corrected chi connectivity index (χ1v) is 8.45. The zero-order valence-corrected chi connectivity index (χ0v) is 13.6. The molecule has 0 saturated carbocycles. The molecule has 3 rings (SSSR count). The van der Waals surface area contributed by atoms with Crippen molar-refractivity contribution in [2.75, 3.05) is 7.05 Å². The smallest absolute Gasteiger partial charge is 0.243 e. The Kier molecular flexibility index (Phi) is 4.44. The summed E-state index contributed by atoms with van der Waals surface area (Å²) in [5, 5.41) is 19.1. The number of benzene rings is 2. The molecule has 118 valence electrons. The van der Waals surface area contributed by atoms with Gasteiger partial charge < -0.3 is 10.2 Å². The molecule has 0 aromatic heterocycles. The number of phenols is 2. The van der Waals surface area contributed by atoms with Gasteiger partial charge in [-0.25, -0.2) is 8.42 Å². The Labute approximate surface area is 130 Å². The van der Waals surface area contributed by atoms with Crippen LogP contribution in [-0.4, -0.2) is 30.0 Å². The number of sulfonamides is 1. The Morgan fingerprint density at radius 3 is 2.14 bits per heavy atom. The van der Waals surface area contributed by atoms with E-state index in [1.165, 1.54) is 29.6 Å². The largest absolute Gasteiger partial charge is 0.508 e. The number of nitrogens with zero attached hydrogens (tertiary/aromatic N) is 1. The molecule has 0 bridgehead atoms. The standard InChI is InChI=1S/C14H13NO4S.C2H6/c1-15-8-9-6-10(16)2-4-12(9)13-5-3-11(17)7-14(13)20(15,18)19;1-2/h2-7,16-17H,8H2,1H3;1-2H3. The molecule has 0 atom stereocenters. The van der Waals surface area contributed by atoms with Gasteiger partial charge in [-0.1, -0.05) is 19.9 Å². The van der Waals surface area contributed by atoms with Crippen molar-refractivity contribution >= 4 is 10.0 Å². The van der Waals surface area contributed by atoms with E-state index in [1.807, 2.05) is 13.8 Å². The first-order chi connectivity index (χ1) is 10.4. The third-order valence-electron chi connectivity index (χ3n) is 3.43. The van der Waals surface area contributed by atoms with Gasteiger partial charge in [0.2, 0.25) is 10.0 Å². The molecule has 2 aromatic carbocycles. The van der Waals surface area contributed by atoms with E-state index in [0.29, 0.717) is 5.56 Å². The minimum atomic E-state index is -3.67. The van der Waals surface area contributed by atoms with Gasteiger partial charge in [0, 0.05) is 25.2 Å². The van der Waals surface area contributed by atoms with Crippen LogP contribution in [0.15, 0.2) is 41.3 Å². The molecule has 5 nitrogen and oxygen atoms in total. The lowest BCUT2D eigenvalue weighted by atomic mass is 9.99. The van der Waals surface area contributed by atoms with Crippen molar-refractivity contribution in [3.63, 3.8) is 0 Å². The monoisotopic (exact) mass is 321 g/mol. The molecule has 1 aliphatic rings. The second kappa shape index (κ2) is 5.98. The van der Waals surface area contributed by atoms with Crippen molar-refractivity contribution in [3.8, 4) is 22.6 Å².